The lowest BCUT2D eigenvalue weighted by Crippen LogP contribution is -2.13. The van der Waals surface area contributed by atoms with Crippen LogP contribution in [-0.4, -0.2) is 25.2 Å². The summed E-state index contributed by atoms with van der Waals surface area (Å²) in [4.78, 5) is 4.28. The lowest BCUT2D eigenvalue weighted by molar-refractivity contribution is 0.124. The van der Waals surface area contributed by atoms with E-state index >= 15 is 0 Å². The van der Waals surface area contributed by atoms with Crippen LogP contribution in [0.2, 0.25) is 0 Å². The van der Waals surface area contributed by atoms with Crippen molar-refractivity contribution in [3.8, 4) is 0 Å². The molecule has 2 rings (SSSR count). The maximum absolute atomic E-state index is 5.53. The van der Waals surface area contributed by atoms with E-state index in [2.05, 4.69) is 28.5 Å². The minimum atomic E-state index is 0.659. The lowest BCUT2D eigenvalue weighted by atomic mass is 10.1. The van der Waals surface area contributed by atoms with Crippen molar-refractivity contribution >= 4 is 10.9 Å². The zero-order valence-corrected chi connectivity index (χ0v) is 9.44. The molecule has 1 aromatic carbocycles. The van der Waals surface area contributed by atoms with Gasteiger partial charge in [0.05, 0.1) is 18.7 Å². The maximum atomic E-state index is 5.53. The summed E-state index contributed by atoms with van der Waals surface area (Å²) in [5.41, 5.74) is 2.22. The molecule has 1 heterocycles. The predicted octanol–water partition coefficient (Wildman–Crippen LogP) is 1.97. The Kier molecular flexibility index (Phi) is 3.86. The minimum absolute atomic E-state index is 0.659. The van der Waals surface area contributed by atoms with Crippen molar-refractivity contribution in [2.24, 2.45) is 0 Å². The molecule has 0 saturated heterocycles. The van der Waals surface area contributed by atoms with E-state index in [1.54, 1.807) is 0 Å². The lowest BCUT2D eigenvalue weighted by Gasteiger charge is -2.05. The van der Waals surface area contributed by atoms with Crippen LogP contribution in [0.4, 0.5) is 0 Å². The van der Waals surface area contributed by atoms with Gasteiger partial charge in [0.25, 0.3) is 0 Å². The third kappa shape index (κ3) is 2.78. The topological polar surface area (TPSA) is 34.1 Å². The highest BCUT2D eigenvalue weighted by molar-refractivity contribution is 5.78. The molecule has 0 radical (unpaired) electrons. The fourth-order valence-corrected chi connectivity index (χ4v) is 1.58. The Morgan fingerprint density at radius 1 is 1.31 bits per heavy atom. The van der Waals surface area contributed by atoms with Crippen LogP contribution in [-0.2, 0) is 11.3 Å². The molecular weight excluding hydrogens is 200 g/mol. The number of nitrogens with one attached hydrogen (secondary N) is 1. The molecule has 0 amide bonds. The van der Waals surface area contributed by atoms with Crippen LogP contribution in [0.15, 0.2) is 36.5 Å². The van der Waals surface area contributed by atoms with Crippen molar-refractivity contribution in [3.63, 3.8) is 0 Å². The van der Waals surface area contributed by atoms with E-state index in [0.29, 0.717) is 6.61 Å². The molecule has 1 N–H and O–H groups in total. The largest absolute Gasteiger partial charge is 0.375 e. The van der Waals surface area contributed by atoms with Gasteiger partial charge in [0.15, 0.2) is 0 Å². The quantitative estimate of drug-likeness (QED) is 0.776. The number of benzene rings is 1. The molecule has 16 heavy (non-hydrogen) atoms. The second-order valence-corrected chi connectivity index (χ2v) is 3.69. The van der Waals surface area contributed by atoms with E-state index in [0.717, 1.165) is 24.1 Å². The highest BCUT2D eigenvalue weighted by Gasteiger charge is 1.97. The van der Waals surface area contributed by atoms with Crippen molar-refractivity contribution in [3.05, 3.63) is 42.1 Å². The Labute approximate surface area is 95.5 Å². The van der Waals surface area contributed by atoms with Crippen LogP contribution >= 0.6 is 0 Å². The van der Waals surface area contributed by atoms with Gasteiger partial charge in [-0.15, -0.1) is 0 Å². The molecule has 0 aliphatic carbocycles. The van der Waals surface area contributed by atoms with Gasteiger partial charge in [0.2, 0.25) is 0 Å². The second-order valence-electron chi connectivity index (χ2n) is 3.69. The number of fused-ring (bicyclic) bond motifs is 1. The van der Waals surface area contributed by atoms with E-state index < -0.39 is 0 Å². The Bertz CT molecular complexity index is 456. The average molecular weight is 216 g/mol. The molecule has 84 valence electrons. The zero-order valence-electron chi connectivity index (χ0n) is 9.44. The monoisotopic (exact) mass is 216 g/mol. The zero-order chi connectivity index (χ0) is 11.2. The van der Waals surface area contributed by atoms with Gasteiger partial charge >= 0.3 is 0 Å². The number of rotatable bonds is 5. The normalized spacial score (nSPS) is 10.8. The molecular formula is C13H16N2O. The second kappa shape index (κ2) is 5.58. The maximum Gasteiger partial charge on any atom is 0.0717 e. The standard InChI is InChI=1S/C13H16N2O/c1-14-7-8-16-10-11-4-5-13-12(9-11)3-2-6-15-13/h2-6,9,14H,7-8,10H2,1H3. The highest BCUT2D eigenvalue weighted by atomic mass is 16.5. The number of pyridine rings is 1. The Hall–Kier alpha value is -1.45. The molecule has 0 unspecified atom stereocenters. The summed E-state index contributed by atoms with van der Waals surface area (Å²) >= 11 is 0. The third-order valence-corrected chi connectivity index (χ3v) is 2.43. The molecule has 0 atom stereocenters. The summed E-state index contributed by atoms with van der Waals surface area (Å²) in [5.74, 6) is 0. The van der Waals surface area contributed by atoms with Gasteiger partial charge in [0, 0.05) is 18.1 Å². The Balaban J connectivity index is 2.02. The van der Waals surface area contributed by atoms with Crippen LogP contribution in [0.5, 0.6) is 0 Å². The number of aromatic nitrogens is 1. The number of hydrogen-bond acceptors (Lipinski definition) is 3. The van der Waals surface area contributed by atoms with Crippen LogP contribution in [0.25, 0.3) is 10.9 Å². The van der Waals surface area contributed by atoms with Crippen molar-refractivity contribution in [2.75, 3.05) is 20.2 Å². The first-order valence-electron chi connectivity index (χ1n) is 5.46. The van der Waals surface area contributed by atoms with Crippen molar-refractivity contribution in [1.29, 1.82) is 0 Å². The third-order valence-electron chi connectivity index (χ3n) is 2.43. The summed E-state index contributed by atoms with van der Waals surface area (Å²) in [6.45, 7) is 2.28. The van der Waals surface area contributed by atoms with E-state index in [4.69, 9.17) is 4.74 Å². The molecule has 0 bridgehead atoms. The van der Waals surface area contributed by atoms with Crippen LogP contribution in [0.1, 0.15) is 5.56 Å². The van der Waals surface area contributed by atoms with E-state index in [1.807, 2.05) is 25.4 Å². The smallest absolute Gasteiger partial charge is 0.0717 e. The van der Waals surface area contributed by atoms with Crippen molar-refractivity contribution in [1.82, 2.24) is 10.3 Å². The molecule has 3 heteroatoms. The summed E-state index contributed by atoms with van der Waals surface area (Å²) in [6, 6.07) is 10.2. The highest BCUT2D eigenvalue weighted by Crippen LogP contribution is 2.13. The van der Waals surface area contributed by atoms with E-state index in [1.165, 1.54) is 5.56 Å². The molecule has 2 aromatic rings. The number of ether oxygens (including phenoxy) is 1. The van der Waals surface area contributed by atoms with Gasteiger partial charge in [-0.2, -0.15) is 0 Å². The SMILES string of the molecule is CNCCOCc1ccc2ncccc2c1. The van der Waals surface area contributed by atoms with Crippen molar-refractivity contribution < 1.29 is 4.74 Å². The first-order valence-corrected chi connectivity index (χ1v) is 5.46. The number of nitrogens with zero attached hydrogens (tertiary/aromatic N) is 1. The molecule has 0 saturated carbocycles. The average Bonchev–Trinajstić information content (AvgIpc) is 2.34. The van der Waals surface area contributed by atoms with Crippen LogP contribution in [0, 0.1) is 0 Å². The van der Waals surface area contributed by atoms with E-state index in [-0.39, 0.29) is 0 Å². The van der Waals surface area contributed by atoms with E-state index in [9.17, 15) is 0 Å². The van der Waals surface area contributed by atoms with Gasteiger partial charge in [-0.25, -0.2) is 0 Å². The first-order chi connectivity index (χ1) is 7.90. The fourth-order valence-electron chi connectivity index (χ4n) is 1.58. The molecule has 0 spiro atoms. The molecule has 3 nitrogen and oxygen atoms in total. The summed E-state index contributed by atoms with van der Waals surface area (Å²) in [5, 5.41) is 4.21. The Morgan fingerprint density at radius 3 is 3.12 bits per heavy atom. The summed E-state index contributed by atoms with van der Waals surface area (Å²) in [7, 11) is 1.92. The van der Waals surface area contributed by atoms with Gasteiger partial charge in [0.1, 0.15) is 0 Å². The predicted molar refractivity (Wildman–Crippen MR) is 65.3 cm³/mol. The van der Waals surface area contributed by atoms with Gasteiger partial charge in [-0.05, 0) is 30.8 Å². The number of likely N-dealkylation sites (N-methyl/N-ethyl adjacent to an activating group) is 1. The summed E-state index contributed by atoms with van der Waals surface area (Å²) in [6.07, 6.45) is 1.81. The van der Waals surface area contributed by atoms with Crippen molar-refractivity contribution in [2.45, 2.75) is 6.61 Å². The Morgan fingerprint density at radius 2 is 2.25 bits per heavy atom. The van der Waals surface area contributed by atoms with Gasteiger partial charge in [-0.1, -0.05) is 12.1 Å². The molecule has 0 aliphatic heterocycles. The van der Waals surface area contributed by atoms with Gasteiger partial charge in [-0.3, -0.25) is 4.98 Å². The van der Waals surface area contributed by atoms with Crippen LogP contribution < -0.4 is 5.32 Å². The number of hydrogen-bond donors (Lipinski definition) is 1. The molecule has 1 aromatic heterocycles. The molecule has 0 fully saturated rings. The summed E-state index contributed by atoms with van der Waals surface area (Å²) < 4.78 is 5.53. The minimum Gasteiger partial charge on any atom is -0.375 e. The molecule has 0 aliphatic rings. The van der Waals surface area contributed by atoms with Crippen LogP contribution in [0.3, 0.4) is 0 Å². The van der Waals surface area contributed by atoms with Gasteiger partial charge < -0.3 is 10.1 Å². The first kappa shape index (κ1) is 11.0. The fraction of sp³-hybridized carbons (Fsp3) is 0.308.